The molecule has 0 fully saturated rings. The van der Waals surface area contributed by atoms with E-state index in [0.717, 1.165) is 11.3 Å². The number of hydrogen-bond donors (Lipinski definition) is 2. The lowest BCUT2D eigenvalue weighted by atomic mass is 10.1. The van der Waals surface area contributed by atoms with E-state index in [1.54, 1.807) is 30.3 Å². The smallest absolute Gasteiger partial charge is 0.337 e. The van der Waals surface area contributed by atoms with Crippen LogP contribution in [0.4, 0.5) is 17.1 Å². The average molecular weight is 431 g/mol. The van der Waals surface area contributed by atoms with Gasteiger partial charge in [0.25, 0.3) is 11.8 Å². The number of rotatable bonds is 6. The number of anilines is 3. The molecule has 0 saturated heterocycles. The second-order valence-electron chi connectivity index (χ2n) is 7.45. The summed E-state index contributed by atoms with van der Waals surface area (Å²) in [5, 5.41) is 5.72. The van der Waals surface area contributed by atoms with Crippen LogP contribution >= 0.6 is 0 Å². The minimum Gasteiger partial charge on any atom is -0.465 e. The summed E-state index contributed by atoms with van der Waals surface area (Å²) >= 11 is 0. The Kier molecular flexibility index (Phi) is 6.90. The summed E-state index contributed by atoms with van der Waals surface area (Å²) in [6.07, 6.45) is 0. The Hall–Kier alpha value is -4.13. The van der Waals surface area contributed by atoms with Crippen LogP contribution in [0.1, 0.15) is 36.6 Å². The van der Waals surface area contributed by atoms with Gasteiger partial charge in [0.15, 0.2) is 0 Å². The summed E-state index contributed by atoms with van der Waals surface area (Å²) in [7, 11) is 5.16. The highest BCUT2D eigenvalue weighted by molar-refractivity contribution is 6.08. The number of carbonyl (C=O) groups is 3. The summed E-state index contributed by atoms with van der Waals surface area (Å²) < 4.78 is 4.66. The molecule has 0 spiro atoms. The van der Waals surface area contributed by atoms with E-state index >= 15 is 0 Å². The first kappa shape index (κ1) is 22.6. The van der Waals surface area contributed by atoms with Crippen molar-refractivity contribution < 1.29 is 19.1 Å². The molecule has 3 aromatic carbocycles. The zero-order valence-corrected chi connectivity index (χ0v) is 18.4. The maximum Gasteiger partial charge on any atom is 0.337 e. The van der Waals surface area contributed by atoms with Gasteiger partial charge in [0.05, 0.1) is 12.7 Å². The highest BCUT2D eigenvalue weighted by Gasteiger charge is 2.13. The first-order valence-corrected chi connectivity index (χ1v) is 9.97. The lowest BCUT2D eigenvalue weighted by molar-refractivity contribution is 0.0600. The third-order valence-corrected chi connectivity index (χ3v) is 4.94. The van der Waals surface area contributed by atoms with Crippen molar-refractivity contribution in [2.75, 3.05) is 36.7 Å². The third kappa shape index (κ3) is 5.31. The number of esters is 1. The van der Waals surface area contributed by atoms with E-state index in [1.807, 2.05) is 50.2 Å². The van der Waals surface area contributed by atoms with Gasteiger partial charge in [0.1, 0.15) is 0 Å². The van der Waals surface area contributed by atoms with Gasteiger partial charge in [-0.15, -0.1) is 0 Å². The van der Waals surface area contributed by atoms with Crippen LogP contribution in [-0.4, -0.2) is 39.0 Å². The second-order valence-corrected chi connectivity index (χ2v) is 7.45. The van der Waals surface area contributed by atoms with E-state index in [2.05, 4.69) is 15.4 Å². The molecule has 3 aromatic rings. The lowest BCUT2D eigenvalue weighted by Gasteiger charge is -2.14. The second kappa shape index (κ2) is 9.78. The maximum absolute atomic E-state index is 12.8. The molecule has 0 aromatic heterocycles. The Morgan fingerprint density at radius 3 is 2.06 bits per heavy atom. The molecule has 0 unspecified atom stereocenters. The maximum atomic E-state index is 12.8. The third-order valence-electron chi connectivity index (χ3n) is 4.94. The normalized spacial score (nSPS) is 10.2. The predicted octanol–water partition coefficient (Wildman–Crippen LogP) is 4.35. The fourth-order valence-electron chi connectivity index (χ4n) is 3.03. The van der Waals surface area contributed by atoms with Gasteiger partial charge < -0.3 is 20.3 Å². The number of carbonyl (C=O) groups excluding carboxylic acids is 3. The van der Waals surface area contributed by atoms with Crippen molar-refractivity contribution in [2.45, 2.75) is 6.92 Å². The molecule has 7 heteroatoms. The van der Waals surface area contributed by atoms with Crippen LogP contribution in [0, 0.1) is 6.92 Å². The molecule has 0 heterocycles. The minimum absolute atomic E-state index is 0.279. The predicted molar refractivity (Wildman–Crippen MR) is 126 cm³/mol. The van der Waals surface area contributed by atoms with E-state index in [4.69, 9.17) is 0 Å². The molecule has 2 amide bonds. The summed E-state index contributed by atoms with van der Waals surface area (Å²) in [6.45, 7) is 1.85. The first-order chi connectivity index (χ1) is 15.3. The molecular formula is C25H25N3O4. The molecule has 7 nitrogen and oxygen atoms in total. The molecule has 2 N–H and O–H groups in total. The molecule has 0 saturated carbocycles. The summed E-state index contributed by atoms with van der Waals surface area (Å²) in [6, 6.07) is 18.8. The number of amides is 2. The van der Waals surface area contributed by atoms with Crippen molar-refractivity contribution >= 4 is 34.8 Å². The number of nitrogens with one attached hydrogen (secondary N) is 2. The van der Waals surface area contributed by atoms with Crippen molar-refractivity contribution in [3.05, 3.63) is 89.0 Å². The fourth-order valence-corrected chi connectivity index (χ4v) is 3.03. The number of hydrogen-bond acceptors (Lipinski definition) is 5. The molecule has 0 aliphatic heterocycles. The number of methoxy groups -OCH3 is 1. The van der Waals surface area contributed by atoms with Crippen LogP contribution in [-0.2, 0) is 4.74 Å². The molecule has 32 heavy (non-hydrogen) atoms. The Labute approximate surface area is 187 Å². The van der Waals surface area contributed by atoms with Crippen molar-refractivity contribution in [3.8, 4) is 0 Å². The Balaban J connectivity index is 1.75. The molecule has 0 bridgehead atoms. The molecule has 0 aliphatic carbocycles. The molecule has 0 atom stereocenters. The van der Waals surface area contributed by atoms with E-state index in [0.29, 0.717) is 28.1 Å². The van der Waals surface area contributed by atoms with Crippen molar-refractivity contribution in [3.63, 3.8) is 0 Å². The minimum atomic E-state index is -0.470. The van der Waals surface area contributed by atoms with E-state index < -0.39 is 5.97 Å². The van der Waals surface area contributed by atoms with Gasteiger partial charge in [-0.25, -0.2) is 4.79 Å². The zero-order valence-electron chi connectivity index (χ0n) is 18.4. The van der Waals surface area contributed by atoms with Crippen LogP contribution in [0.5, 0.6) is 0 Å². The lowest BCUT2D eigenvalue weighted by Crippen LogP contribution is -2.16. The van der Waals surface area contributed by atoms with Crippen LogP contribution in [0.3, 0.4) is 0 Å². The van der Waals surface area contributed by atoms with Crippen LogP contribution in [0.2, 0.25) is 0 Å². The van der Waals surface area contributed by atoms with Gasteiger partial charge in [-0.05, 0) is 67.1 Å². The van der Waals surface area contributed by atoms with Crippen LogP contribution < -0.4 is 15.5 Å². The highest BCUT2D eigenvalue weighted by atomic mass is 16.5. The van der Waals surface area contributed by atoms with Gasteiger partial charge >= 0.3 is 5.97 Å². The standard InChI is InChI=1S/C25H25N3O4/c1-16-8-9-19(24(30)26-20-6-5-7-21(15-20)28(2)3)14-22(16)27-23(29)17-10-12-18(13-11-17)25(31)32-4/h5-15H,1-4H3,(H,26,30)(H,27,29). The highest BCUT2D eigenvalue weighted by Crippen LogP contribution is 2.21. The van der Waals surface area contributed by atoms with Crippen molar-refractivity contribution in [1.29, 1.82) is 0 Å². The SMILES string of the molecule is COC(=O)c1ccc(C(=O)Nc2cc(C(=O)Nc3cccc(N(C)C)c3)ccc2C)cc1. The summed E-state index contributed by atoms with van der Waals surface area (Å²) in [4.78, 5) is 38.9. The van der Waals surface area contributed by atoms with Gasteiger partial charge in [-0.3, -0.25) is 9.59 Å². The number of ether oxygens (including phenoxy) is 1. The van der Waals surface area contributed by atoms with Crippen LogP contribution in [0.25, 0.3) is 0 Å². The zero-order chi connectivity index (χ0) is 23.3. The van der Waals surface area contributed by atoms with Gasteiger partial charge in [-0.2, -0.15) is 0 Å². The summed E-state index contributed by atoms with van der Waals surface area (Å²) in [5.41, 5.74) is 4.15. The Morgan fingerprint density at radius 2 is 1.41 bits per heavy atom. The van der Waals surface area contributed by atoms with Gasteiger partial charge in [-0.1, -0.05) is 12.1 Å². The fraction of sp³-hybridized carbons (Fsp3) is 0.160. The molecule has 0 aliphatic rings. The van der Waals surface area contributed by atoms with E-state index in [9.17, 15) is 14.4 Å². The monoisotopic (exact) mass is 431 g/mol. The Bertz CT molecular complexity index is 1150. The van der Waals surface area contributed by atoms with Crippen molar-refractivity contribution in [1.82, 2.24) is 0 Å². The number of aryl methyl sites for hydroxylation is 1. The average Bonchev–Trinajstić information content (AvgIpc) is 2.80. The van der Waals surface area contributed by atoms with Crippen LogP contribution in [0.15, 0.2) is 66.7 Å². The van der Waals surface area contributed by atoms with Gasteiger partial charge in [0.2, 0.25) is 0 Å². The molecule has 3 rings (SSSR count). The van der Waals surface area contributed by atoms with Crippen molar-refractivity contribution in [2.24, 2.45) is 0 Å². The summed E-state index contributed by atoms with van der Waals surface area (Å²) in [5.74, 6) is -1.10. The number of benzene rings is 3. The number of nitrogens with zero attached hydrogens (tertiary/aromatic N) is 1. The largest absolute Gasteiger partial charge is 0.465 e. The molecule has 164 valence electrons. The molecular weight excluding hydrogens is 406 g/mol. The molecule has 0 radical (unpaired) electrons. The topological polar surface area (TPSA) is 87.7 Å². The van der Waals surface area contributed by atoms with E-state index in [-0.39, 0.29) is 11.8 Å². The van der Waals surface area contributed by atoms with E-state index in [1.165, 1.54) is 19.2 Å². The first-order valence-electron chi connectivity index (χ1n) is 9.97. The Morgan fingerprint density at radius 1 is 0.781 bits per heavy atom. The quantitative estimate of drug-likeness (QED) is 0.567. The van der Waals surface area contributed by atoms with Gasteiger partial charge in [0, 0.05) is 42.3 Å².